The number of para-hydroxylation sites is 2. The summed E-state index contributed by atoms with van der Waals surface area (Å²) in [5, 5.41) is 17.3. The van der Waals surface area contributed by atoms with E-state index in [1.165, 1.54) is 18.4 Å². The largest absolute Gasteiger partial charge is 0.497 e. The van der Waals surface area contributed by atoms with Crippen LogP contribution in [0.2, 0.25) is 0 Å². The lowest BCUT2D eigenvalue weighted by molar-refractivity contribution is -0.118. The van der Waals surface area contributed by atoms with Crippen LogP contribution in [0.3, 0.4) is 0 Å². The monoisotopic (exact) mass is 455 g/mol. The molecule has 0 fully saturated rings. The lowest BCUT2D eigenvalue weighted by atomic mass is 10.0. The van der Waals surface area contributed by atoms with Gasteiger partial charge >= 0.3 is 6.03 Å². The number of benzene rings is 2. The third kappa shape index (κ3) is 5.73. The first-order chi connectivity index (χ1) is 15.4. The second-order valence-corrected chi connectivity index (χ2v) is 8.13. The van der Waals surface area contributed by atoms with Crippen molar-refractivity contribution < 1.29 is 19.1 Å². The lowest BCUT2D eigenvalue weighted by Crippen LogP contribution is -2.48. The molecule has 1 aromatic heterocycles. The normalized spacial score (nSPS) is 11.5. The topological polar surface area (TPSA) is 114 Å². The van der Waals surface area contributed by atoms with E-state index in [1.54, 1.807) is 31.4 Å². The summed E-state index contributed by atoms with van der Waals surface area (Å²) in [5.74, 6) is 0.720. The molecule has 0 saturated carbocycles. The molecule has 1 heterocycles. The Morgan fingerprint density at radius 2 is 1.66 bits per heavy atom. The highest BCUT2D eigenvalue weighted by atomic mass is 32.1. The van der Waals surface area contributed by atoms with Crippen molar-refractivity contribution in [1.82, 2.24) is 15.5 Å². The Kier molecular flexibility index (Phi) is 7.61. The zero-order chi connectivity index (χ0) is 23.1. The lowest BCUT2D eigenvalue weighted by Gasteiger charge is -2.21. The first-order valence-electron chi connectivity index (χ1n) is 9.90. The Hall–Kier alpha value is -3.66. The molecule has 2 aromatic carbocycles. The van der Waals surface area contributed by atoms with Gasteiger partial charge in [0.25, 0.3) is 0 Å². The van der Waals surface area contributed by atoms with Gasteiger partial charge in [-0.2, -0.15) is 0 Å². The Balaban J connectivity index is 1.65. The van der Waals surface area contributed by atoms with Crippen LogP contribution in [0.4, 0.5) is 15.6 Å². The maximum absolute atomic E-state index is 12.8. The zero-order valence-corrected chi connectivity index (χ0v) is 19.0. The third-order valence-corrected chi connectivity index (χ3v) is 5.47. The molecule has 3 rings (SSSR count). The fraction of sp³-hybridized carbons (Fsp3) is 0.273. The predicted molar refractivity (Wildman–Crippen MR) is 124 cm³/mol. The van der Waals surface area contributed by atoms with Gasteiger partial charge in [0.1, 0.15) is 22.5 Å². The van der Waals surface area contributed by atoms with Gasteiger partial charge in [-0.05, 0) is 42.3 Å². The van der Waals surface area contributed by atoms with Crippen molar-refractivity contribution in [2.75, 3.05) is 24.9 Å². The summed E-state index contributed by atoms with van der Waals surface area (Å²) in [4.78, 5) is 25.3. The van der Waals surface area contributed by atoms with Crippen LogP contribution < -0.4 is 25.4 Å². The van der Waals surface area contributed by atoms with Crippen LogP contribution in [-0.4, -0.2) is 42.4 Å². The highest BCUT2D eigenvalue weighted by Gasteiger charge is 2.25. The summed E-state index contributed by atoms with van der Waals surface area (Å²) in [6.45, 7) is 3.69. The molecule has 3 N–H and O–H groups in total. The summed E-state index contributed by atoms with van der Waals surface area (Å²) in [6.07, 6.45) is 0. The van der Waals surface area contributed by atoms with Crippen molar-refractivity contribution in [3.05, 3.63) is 48.5 Å². The van der Waals surface area contributed by atoms with E-state index in [-0.39, 0.29) is 11.8 Å². The van der Waals surface area contributed by atoms with Crippen LogP contribution in [-0.2, 0) is 4.79 Å². The van der Waals surface area contributed by atoms with E-state index < -0.39 is 12.1 Å². The molecular formula is C22H25N5O4S. The number of nitrogens with zero attached hydrogens (tertiary/aromatic N) is 2. The molecule has 0 bridgehead atoms. The van der Waals surface area contributed by atoms with E-state index in [1.807, 2.05) is 38.1 Å². The zero-order valence-electron chi connectivity index (χ0n) is 18.2. The average Bonchev–Trinajstić information content (AvgIpc) is 3.26. The summed E-state index contributed by atoms with van der Waals surface area (Å²) in [7, 11) is 3.12. The smallest absolute Gasteiger partial charge is 0.320 e. The Bertz CT molecular complexity index is 1070. The number of hydrogen-bond donors (Lipinski definition) is 3. The number of hydrogen-bond acceptors (Lipinski definition) is 7. The number of amides is 3. The van der Waals surface area contributed by atoms with Crippen molar-refractivity contribution in [3.63, 3.8) is 0 Å². The van der Waals surface area contributed by atoms with Crippen LogP contribution in [0.5, 0.6) is 11.5 Å². The highest BCUT2D eigenvalue weighted by Crippen LogP contribution is 2.28. The van der Waals surface area contributed by atoms with Crippen molar-refractivity contribution in [2.24, 2.45) is 5.92 Å². The first kappa shape index (κ1) is 23.0. The minimum absolute atomic E-state index is 0.160. The molecule has 0 spiro atoms. The van der Waals surface area contributed by atoms with Gasteiger partial charge in [0, 0.05) is 5.56 Å². The SMILES string of the molecule is COc1ccc(-c2nnc(NC(=O)C(NC(=O)Nc3ccccc3OC)C(C)C)s2)cc1. The fourth-order valence-electron chi connectivity index (χ4n) is 2.89. The number of urea groups is 1. The van der Waals surface area contributed by atoms with Gasteiger partial charge in [-0.25, -0.2) is 4.79 Å². The van der Waals surface area contributed by atoms with Crippen LogP contribution in [0.15, 0.2) is 48.5 Å². The number of methoxy groups -OCH3 is 2. The number of anilines is 2. The molecule has 0 aliphatic rings. The number of rotatable bonds is 8. The van der Waals surface area contributed by atoms with E-state index in [9.17, 15) is 9.59 Å². The minimum atomic E-state index is -0.780. The third-order valence-electron chi connectivity index (χ3n) is 4.58. The summed E-state index contributed by atoms with van der Waals surface area (Å²) in [6, 6.07) is 13.1. The molecule has 0 aliphatic carbocycles. The van der Waals surface area contributed by atoms with Gasteiger partial charge in [0.15, 0.2) is 0 Å². The van der Waals surface area contributed by atoms with Gasteiger partial charge in [-0.3, -0.25) is 10.1 Å². The van der Waals surface area contributed by atoms with Crippen LogP contribution >= 0.6 is 11.3 Å². The van der Waals surface area contributed by atoms with Crippen LogP contribution in [0, 0.1) is 5.92 Å². The van der Waals surface area contributed by atoms with Gasteiger partial charge in [0.2, 0.25) is 11.0 Å². The van der Waals surface area contributed by atoms with Gasteiger partial charge in [-0.15, -0.1) is 10.2 Å². The molecule has 1 atom stereocenters. The van der Waals surface area contributed by atoms with Crippen molar-refractivity contribution >= 4 is 34.1 Å². The van der Waals surface area contributed by atoms with E-state index >= 15 is 0 Å². The molecule has 10 heteroatoms. The maximum atomic E-state index is 12.8. The minimum Gasteiger partial charge on any atom is -0.497 e. The number of carbonyl (C=O) groups excluding carboxylic acids is 2. The van der Waals surface area contributed by atoms with Gasteiger partial charge < -0.3 is 20.1 Å². The second kappa shape index (κ2) is 10.6. The standard InChI is InChI=1S/C22H25N5O4S/c1-13(2)18(24-21(29)23-16-7-5-6-8-17(16)31-4)19(28)25-22-27-26-20(32-22)14-9-11-15(30-3)12-10-14/h5-13,18H,1-4H3,(H2,23,24,29)(H,25,27,28). The van der Waals surface area contributed by atoms with Gasteiger partial charge in [0.05, 0.1) is 19.9 Å². The molecule has 3 aromatic rings. The number of ether oxygens (including phenoxy) is 2. The van der Waals surface area contributed by atoms with E-state index in [0.29, 0.717) is 21.6 Å². The van der Waals surface area contributed by atoms with Gasteiger partial charge in [-0.1, -0.05) is 37.3 Å². The van der Waals surface area contributed by atoms with Crippen molar-refractivity contribution in [1.29, 1.82) is 0 Å². The molecule has 9 nitrogen and oxygen atoms in total. The summed E-state index contributed by atoms with van der Waals surface area (Å²) in [5.41, 5.74) is 1.36. The van der Waals surface area contributed by atoms with Crippen molar-refractivity contribution in [3.8, 4) is 22.1 Å². The Morgan fingerprint density at radius 3 is 2.31 bits per heavy atom. The molecule has 3 amide bonds. The van der Waals surface area contributed by atoms with Crippen LogP contribution in [0.1, 0.15) is 13.8 Å². The molecule has 0 radical (unpaired) electrons. The molecule has 0 aliphatic heterocycles. The first-order valence-corrected chi connectivity index (χ1v) is 10.7. The summed E-state index contributed by atoms with van der Waals surface area (Å²) >= 11 is 1.24. The Labute approximate surface area is 190 Å². The molecular weight excluding hydrogens is 430 g/mol. The van der Waals surface area contributed by atoms with Crippen molar-refractivity contribution in [2.45, 2.75) is 19.9 Å². The maximum Gasteiger partial charge on any atom is 0.320 e. The second-order valence-electron chi connectivity index (χ2n) is 7.15. The number of aromatic nitrogens is 2. The average molecular weight is 456 g/mol. The predicted octanol–water partition coefficient (Wildman–Crippen LogP) is 4.01. The van der Waals surface area contributed by atoms with Crippen LogP contribution in [0.25, 0.3) is 10.6 Å². The number of carbonyl (C=O) groups is 2. The van der Waals surface area contributed by atoms with E-state index in [4.69, 9.17) is 9.47 Å². The molecule has 168 valence electrons. The molecule has 1 unspecified atom stereocenters. The molecule has 32 heavy (non-hydrogen) atoms. The van der Waals surface area contributed by atoms with E-state index in [0.717, 1.165) is 11.3 Å². The fourth-order valence-corrected chi connectivity index (χ4v) is 3.64. The molecule has 0 saturated heterocycles. The van der Waals surface area contributed by atoms with E-state index in [2.05, 4.69) is 26.1 Å². The Morgan fingerprint density at radius 1 is 0.938 bits per heavy atom. The quantitative estimate of drug-likeness (QED) is 0.473. The summed E-state index contributed by atoms with van der Waals surface area (Å²) < 4.78 is 10.4. The highest BCUT2D eigenvalue weighted by molar-refractivity contribution is 7.18. The number of nitrogens with one attached hydrogen (secondary N) is 3.